The molecule has 0 radical (unpaired) electrons. The van der Waals surface area contributed by atoms with Crippen LogP contribution in [0, 0.1) is 18.6 Å². The standard InChI is InChI=1S/C12H12F5NO2/c1-7-2-3-8(13)9(10(7)14)11(20)18(4-5-19)6-12(15,16)17/h2-3,19H,4-6H2,1H3. The summed E-state index contributed by atoms with van der Waals surface area (Å²) in [4.78, 5) is 12.0. The van der Waals surface area contributed by atoms with E-state index >= 15 is 0 Å². The van der Waals surface area contributed by atoms with E-state index in [-0.39, 0.29) is 10.5 Å². The SMILES string of the molecule is Cc1ccc(F)c(C(=O)N(CCO)CC(F)(F)F)c1F. The summed E-state index contributed by atoms with van der Waals surface area (Å²) in [5, 5.41) is 8.67. The van der Waals surface area contributed by atoms with Crippen LogP contribution < -0.4 is 0 Å². The summed E-state index contributed by atoms with van der Waals surface area (Å²) in [7, 11) is 0. The molecule has 0 aromatic heterocycles. The summed E-state index contributed by atoms with van der Waals surface area (Å²) < 4.78 is 64.2. The van der Waals surface area contributed by atoms with Crippen molar-refractivity contribution in [2.24, 2.45) is 0 Å². The van der Waals surface area contributed by atoms with Gasteiger partial charge in [-0.1, -0.05) is 6.07 Å². The third kappa shape index (κ3) is 3.89. The lowest BCUT2D eigenvalue weighted by Crippen LogP contribution is -2.41. The van der Waals surface area contributed by atoms with Gasteiger partial charge in [-0.2, -0.15) is 13.2 Å². The van der Waals surface area contributed by atoms with E-state index in [1.54, 1.807) is 0 Å². The summed E-state index contributed by atoms with van der Waals surface area (Å²) in [6.07, 6.45) is -4.73. The molecule has 8 heteroatoms. The Labute approximate surface area is 111 Å². The number of benzene rings is 1. The topological polar surface area (TPSA) is 40.5 Å². The normalized spacial score (nSPS) is 11.6. The molecule has 0 saturated carbocycles. The van der Waals surface area contributed by atoms with Crippen molar-refractivity contribution in [3.05, 3.63) is 34.9 Å². The Morgan fingerprint density at radius 1 is 1.30 bits per heavy atom. The van der Waals surface area contributed by atoms with Crippen molar-refractivity contribution in [1.29, 1.82) is 0 Å². The number of carbonyl (C=O) groups excluding carboxylic acids is 1. The van der Waals surface area contributed by atoms with E-state index in [4.69, 9.17) is 5.11 Å². The fourth-order valence-electron chi connectivity index (χ4n) is 1.60. The number of hydrogen-bond acceptors (Lipinski definition) is 2. The molecule has 1 aromatic carbocycles. The lowest BCUT2D eigenvalue weighted by atomic mass is 10.1. The molecule has 0 aliphatic carbocycles. The van der Waals surface area contributed by atoms with Crippen LogP contribution in [0.4, 0.5) is 22.0 Å². The number of aliphatic hydroxyl groups is 1. The zero-order valence-corrected chi connectivity index (χ0v) is 10.5. The van der Waals surface area contributed by atoms with Crippen molar-refractivity contribution in [2.45, 2.75) is 13.1 Å². The van der Waals surface area contributed by atoms with Gasteiger partial charge in [0.2, 0.25) is 0 Å². The van der Waals surface area contributed by atoms with Gasteiger partial charge in [0.25, 0.3) is 5.91 Å². The fraction of sp³-hybridized carbons (Fsp3) is 0.417. The number of halogens is 5. The fourth-order valence-corrected chi connectivity index (χ4v) is 1.60. The van der Waals surface area contributed by atoms with E-state index < -0.39 is 49.0 Å². The molecule has 20 heavy (non-hydrogen) atoms. The molecular formula is C12H12F5NO2. The van der Waals surface area contributed by atoms with Gasteiger partial charge in [0.15, 0.2) is 0 Å². The molecule has 0 spiro atoms. The molecule has 1 aromatic rings. The number of carbonyl (C=O) groups is 1. The minimum Gasteiger partial charge on any atom is -0.395 e. The number of hydrogen-bond donors (Lipinski definition) is 1. The summed E-state index contributed by atoms with van der Waals surface area (Å²) in [5.41, 5.74) is -1.12. The van der Waals surface area contributed by atoms with Crippen molar-refractivity contribution >= 4 is 5.91 Å². The van der Waals surface area contributed by atoms with Crippen LogP contribution in [0.3, 0.4) is 0 Å². The van der Waals surface area contributed by atoms with Crippen LogP contribution in [-0.2, 0) is 0 Å². The van der Waals surface area contributed by atoms with Gasteiger partial charge in [-0.15, -0.1) is 0 Å². The summed E-state index contributed by atoms with van der Waals surface area (Å²) >= 11 is 0. The molecule has 0 atom stereocenters. The molecule has 0 fully saturated rings. The van der Waals surface area contributed by atoms with E-state index in [9.17, 15) is 26.7 Å². The highest BCUT2D eigenvalue weighted by molar-refractivity contribution is 5.95. The number of rotatable bonds is 4. The molecule has 1 N–H and O–H groups in total. The first-order valence-corrected chi connectivity index (χ1v) is 5.59. The molecule has 0 aliphatic heterocycles. The van der Waals surface area contributed by atoms with E-state index in [0.29, 0.717) is 0 Å². The lowest BCUT2D eigenvalue weighted by Gasteiger charge is -2.23. The van der Waals surface area contributed by atoms with Crippen LogP contribution >= 0.6 is 0 Å². The zero-order valence-electron chi connectivity index (χ0n) is 10.5. The van der Waals surface area contributed by atoms with Crippen LogP contribution in [0.25, 0.3) is 0 Å². The maximum atomic E-state index is 13.7. The van der Waals surface area contributed by atoms with Crippen LogP contribution in [0.15, 0.2) is 12.1 Å². The van der Waals surface area contributed by atoms with Crippen LogP contribution in [-0.4, -0.2) is 41.8 Å². The molecule has 1 amide bonds. The van der Waals surface area contributed by atoms with Gasteiger partial charge in [-0.25, -0.2) is 8.78 Å². The van der Waals surface area contributed by atoms with Gasteiger partial charge in [-0.3, -0.25) is 4.79 Å². The number of amides is 1. The Morgan fingerprint density at radius 2 is 1.90 bits per heavy atom. The number of aliphatic hydroxyl groups excluding tert-OH is 1. The first kappa shape index (κ1) is 16.4. The molecule has 0 heterocycles. The van der Waals surface area contributed by atoms with Crippen molar-refractivity contribution in [3.63, 3.8) is 0 Å². The second-order valence-corrected chi connectivity index (χ2v) is 4.12. The molecule has 0 saturated heterocycles. The molecule has 0 aliphatic rings. The van der Waals surface area contributed by atoms with Crippen LogP contribution in [0.1, 0.15) is 15.9 Å². The van der Waals surface area contributed by atoms with E-state index in [1.165, 1.54) is 6.92 Å². The van der Waals surface area contributed by atoms with Crippen LogP contribution in [0.2, 0.25) is 0 Å². The summed E-state index contributed by atoms with van der Waals surface area (Å²) in [5.74, 6) is -3.90. The summed E-state index contributed by atoms with van der Waals surface area (Å²) in [6, 6.07) is 1.87. The number of alkyl halides is 3. The minimum absolute atomic E-state index is 0.0642. The Bertz CT molecular complexity index is 501. The van der Waals surface area contributed by atoms with Crippen molar-refractivity contribution < 1.29 is 31.9 Å². The zero-order chi connectivity index (χ0) is 15.5. The number of nitrogens with zero attached hydrogens (tertiary/aromatic N) is 1. The third-order valence-corrected chi connectivity index (χ3v) is 2.53. The minimum atomic E-state index is -4.73. The van der Waals surface area contributed by atoms with Gasteiger partial charge in [0.1, 0.15) is 23.7 Å². The van der Waals surface area contributed by atoms with E-state index in [2.05, 4.69) is 0 Å². The monoisotopic (exact) mass is 297 g/mol. The third-order valence-electron chi connectivity index (χ3n) is 2.53. The highest BCUT2D eigenvalue weighted by atomic mass is 19.4. The second kappa shape index (κ2) is 6.17. The van der Waals surface area contributed by atoms with Gasteiger partial charge >= 0.3 is 6.18 Å². The number of aryl methyl sites for hydroxylation is 1. The van der Waals surface area contributed by atoms with Crippen molar-refractivity contribution in [3.8, 4) is 0 Å². The predicted octanol–water partition coefficient (Wildman–Crippen LogP) is 2.27. The first-order chi connectivity index (χ1) is 9.17. The van der Waals surface area contributed by atoms with Crippen LogP contribution in [0.5, 0.6) is 0 Å². The molecule has 3 nitrogen and oxygen atoms in total. The smallest absolute Gasteiger partial charge is 0.395 e. The highest BCUT2D eigenvalue weighted by Crippen LogP contribution is 2.22. The van der Waals surface area contributed by atoms with E-state index in [1.807, 2.05) is 0 Å². The Morgan fingerprint density at radius 3 is 2.40 bits per heavy atom. The summed E-state index contributed by atoms with van der Waals surface area (Å²) in [6.45, 7) is -1.87. The first-order valence-electron chi connectivity index (χ1n) is 5.59. The average Bonchev–Trinajstić information content (AvgIpc) is 2.32. The quantitative estimate of drug-likeness (QED) is 0.866. The average molecular weight is 297 g/mol. The maximum absolute atomic E-state index is 13.7. The lowest BCUT2D eigenvalue weighted by molar-refractivity contribution is -0.141. The molecular weight excluding hydrogens is 285 g/mol. The Hall–Kier alpha value is -1.70. The second-order valence-electron chi connectivity index (χ2n) is 4.12. The molecule has 0 unspecified atom stereocenters. The predicted molar refractivity (Wildman–Crippen MR) is 60.1 cm³/mol. The van der Waals surface area contributed by atoms with Crippen molar-refractivity contribution in [1.82, 2.24) is 4.90 Å². The molecule has 0 bridgehead atoms. The Balaban J connectivity index is 3.16. The molecule has 112 valence electrons. The highest BCUT2D eigenvalue weighted by Gasteiger charge is 2.34. The van der Waals surface area contributed by atoms with Gasteiger partial charge in [-0.05, 0) is 18.6 Å². The largest absolute Gasteiger partial charge is 0.406 e. The maximum Gasteiger partial charge on any atom is 0.406 e. The molecule has 1 rings (SSSR count). The van der Waals surface area contributed by atoms with Gasteiger partial charge in [0.05, 0.1) is 6.61 Å². The van der Waals surface area contributed by atoms with Gasteiger partial charge < -0.3 is 10.0 Å². The van der Waals surface area contributed by atoms with Gasteiger partial charge in [0, 0.05) is 6.54 Å². The van der Waals surface area contributed by atoms with E-state index in [0.717, 1.165) is 12.1 Å². The van der Waals surface area contributed by atoms with Crippen molar-refractivity contribution in [2.75, 3.05) is 19.7 Å². The Kier molecular flexibility index (Phi) is 5.04.